The molecule has 1 aliphatic rings. The average molecular weight is 248 g/mol. The first-order valence-electron chi connectivity index (χ1n) is 7.05. The number of aromatic nitrogens is 1. The molecule has 1 fully saturated rings. The van der Waals surface area contributed by atoms with Gasteiger partial charge in [-0.05, 0) is 39.3 Å². The molecule has 1 aromatic heterocycles. The number of hydrogen-bond acceptors (Lipinski definition) is 2. The Morgan fingerprint density at radius 3 is 2.56 bits per heavy atom. The maximum absolute atomic E-state index is 12.3. The van der Waals surface area contributed by atoms with E-state index >= 15 is 0 Å². The Kier molecular flexibility index (Phi) is 4.23. The van der Waals surface area contributed by atoms with Gasteiger partial charge < -0.3 is 4.98 Å². The summed E-state index contributed by atoms with van der Waals surface area (Å²) < 4.78 is 0. The number of rotatable bonds is 5. The molecule has 0 aliphatic heterocycles. The normalized spacial score (nSPS) is 16.7. The number of ketones is 1. The average Bonchev–Trinajstić information content (AvgIpc) is 2.95. The van der Waals surface area contributed by atoms with Crippen molar-refractivity contribution in [3.05, 3.63) is 23.0 Å². The number of H-pyrrole nitrogens is 1. The second kappa shape index (κ2) is 5.70. The third kappa shape index (κ3) is 2.83. The zero-order chi connectivity index (χ0) is 13.1. The monoisotopic (exact) mass is 248 g/mol. The molecule has 0 unspecified atom stereocenters. The summed E-state index contributed by atoms with van der Waals surface area (Å²) in [5.74, 6) is 0.255. The third-order valence-corrected chi connectivity index (χ3v) is 4.04. The van der Waals surface area contributed by atoms with Gasteiger partial charge in [-0.3, -0.25) is 9.69 Å². The van der Waals surface area contributed by atoms with E-state index in [0.717, 1.165) is 23.5 Å². The van der Waals surface area contributed by atoms with E-state index in [2.05, 4.69) is 16.8 Å². The lowest BCUT2D eigenvalue weighted by molar-refractivity contribution is 0.0898. The molecule has 18 heavy (non-hydrogen) atoms. The number of nitrogens with one attached hydrogen (secondary N) is 1. The largest absolute Gasteiger partial charge is 0.362 e. The van der Waals surface area contributed by atoms with Crippen molar-refractivity contribution in [2.75, 3.05) is 13.1 Å². The molecule has 1 N–H and O–H groups in total. The Bertz CT molecular complexity index is 416. The second-order valence-corrected chi connectivity index (χ2v) is 5.42. The zero-order valence-corrected chi connectivity index (χ0v) is 11.8. The first kappa shape index (κ1) is 13.3. The Balaban J connectivity index is 2.03. The van der Waals surface area contributed by atoms with Gasteiger partial charge in [0.25, 0.3) is 0 Å². The number of carbonyl (C=O) groups excluding carboxylic acids is 1. The van der Waals surface area contributed by atoms with Gasteiger partial charge in [-0.2, -0.15) is 0 Å². The van der Waals surface area contributed by atoms with E-state index in [4.69, 9.17) is 0 Å². The van der Waals surface area contributed by atoms with Gasteiger partial charge >= 0.3 is 0 Å². The summed E-state index contributed by atoms with van der Waals surface area (Å²) in [6, 6.07) is 2.60. The summed E-state index contributed by atoms with van der Waals surface area (Å²) >= 11 is 0. The molecular formula is C15H24N2O. The molecule has 100 valence electrons. The summed E-state index contributed by atoms with van der Waals surface area (Å²) in [4.78, 5) is 17.9. The van der Waals surface area contributed by atoms with Crippen molar-refractivity contribution in [1.82, 2.24) is 9.88 Å². The first-order valence-corrected chi connectivity index (χ1v) is 7.05. The van der Waals surface area contributed by atoms with Crippen LogP contribution >= 0.6 is 0 Å². The third-order valence-electron chi connectivity index (χ3n) is 4.04. The topological polar surface area (TPSA) is 36.1 Å². The van der Waals surface area contributed by atoms with Crippen LogP contribution in [0.5, 0.6) is 0 Å². The van der Waals surface area contributed by atoms with Gasteiger partial charge in [-0.15, -0.1) is 0 Å². The zero-order valence-electron chi connectivity index (χ0n) is 11.8. The summed E-state index contributed by atoms with van der Waals surface area (Å²) in [7, 11) is 0. The Labute approximate surface area is 110 Å². The van der Waals surface area contributed by atoms with Crippen LogP contribution in [0.1, 0.15) is 54.4 Å². The summed E-state index contributed by atoms with van der Waals surface area (Å²) in [5.41, 5.74) is 2.93. The number of carbonyl (C=O) groups is 1. The van der Waals surface area contributed by atoms with Crippen molar-refractivity contribution in [3.8, 4) is 0 Å². The minimum atomic E-state index is 0.255. The standard InChI is InChI=1S/C15H24N2O/c1-4-17(13-7-5-6-8-13)10-15(18)14-9-11(2)16-12(14)3/h9,13,16H,4-8,10H2,1-3H3. The highest BCUT2D eigenvalue weighted by Gasteiger charge is 2.24. The molecule has 0 aromatic carbocycles. The molecule has 0 radical (unpaired) electrons. The van der Waals surface area contributed by atoms with Crippen LogP contribution in [0.3, 0.4) is 0 Å². The number of Topliss-reactive ketones (excluding diaryl/α,β-unsaturated/α-hetero) is 1. The number of aromatic amines is 1. The first-order chi connectivity index (χ1) is 8.61. The highest BCUT2D eigenvalue weighted by molar-refractivity contribution is 5.98. The maximum Gasteiger partial charge on any atom is 0.178 e. The van der Waals surface area contributed by atoms with Crippen LogP contribution in [0.2, 0.25) is 0 Å². The minimum Gasteiger partial charge on any atom is -0.362 e. The predicted octanol–water partition coefficient (Wildman–Crippen LogP) is 3.08. The highest BCUT2D eigenvalue weighted by atomic mass is 16.1. The fraction of sp³-hybridized carbons (Fsp3) is 0.667. The lowest BCUT2D eigenvalue weighted by Gasteiger charge is -2.26. The molecular weight excluding hydrogens is 224 g/mol. The van der Waals surface area contributed by atoms with E-state index in [1.807, 2.05) is 19.9 Å². The minimum absolute atomic E-state index is 0.255. The molecule has 1 saturated carbocycles. The van der Waals surface area contributed by atoms with Crippen LogP contribution in [0.25, 0.3) is 0 Å². The van der Waals surface area contributed by atoms with Gasteiger partial charge in [-0.25, -0.2) is 0 Å². The molecule has 1 heterocycles. The molecule has 1 aliphatic carbocycles. The molecule has 0 amide bonds. The van der Waals surface area contributed by atoms with Crippen molar-refractivity contribution in [3.63, 3.8) is 0 Å². The van der Waals surface area contributed by atoms with E-state index in [1.54, 1.807) is 0 Å². The number of nitrogens with zero attached hydrogens (tertiary/aromatic N) is 1. The van der Waals surface area contributed by atoms with E-state index < -0.39 is 0 Å². The molecule has 2 rings (SSSR count). The molecule has 0 spiro atoms. The molecule has 3 nitrogen and oxygen atoms in total. The van der Waals surface area contributed by atoms with E-state index in [1.165, 1.54) is 25.7 Å². The van der Waals surface area contributed by atoms with Crippen LogP contribution < -0.4 is 0 Å². The van der Waals surface area contributed by atoms with Crippen LogP contribution in [-0.4, -0.2) is 34.8 Å². The Morgan fingerprint density at radius 2 is 2.06 bits per heavy atom. The lowest BCUT2D eigenvalue weighted by atomic mass is 10.1. The predicted molar refractivity (Wildman–Crippen MR) is 74.1 cm³/mol. The van der Waals surface area contributed by atoms with Crippen molar-refractivity contribution in [2.24, 2.45) is 0 Å². The number of hydrogen-bond donors (Lipinski definition) is 1. The summed E-state index contributed by atoms with van der Waals surface area (Å²) in [6.07, 6.45) is 5.15. The van der Waals surface area contributed by atoms with Crippen LogP contribution in [0.15, 0.2) is 6.07 Å². The molecule has 0 saturated heterocycles. The number of likely N-dealkylation sites (N-methyl/N-ethyl adjacent to an activating group) is 1. The number of aryl methyl sites for hydroxylation is 2. The summed E-state index contributed by atoms with van der Waals surface area (Å²) in [6.45, 7) is 7.67. The fourth-order valence-corrected chi connectivity index (χ4v) is 3.05. The van der Waals surface area contributed by atoms with Gasteiger partial charge in [0, 0.05) is 23.0 Å². The highest BCUT2D eigenvalue weighted by Crippen LogP contribution is 2.23. The summed E-state index contributed by atoms with van der Waals surface area (Å²) in [5, 5.41) is 0. The fourth-order valence-electron chi connectivity index (χ4n) is 3.05. The van der Waals surface area contributed by atoms with Gasteiger partial charge in [0.2, 0.25) is 0 Å². The Hall–Kier alpha value is -1.09. The van der Waals surface area contributed by atoms with E-state index in [0.29, 0.717) is 12.6 Å². The second-order valence-electron chi connectivity index (χ2n) is 5.42. The van der Waals surface area contributed by atoms with Crippen molar-refractivity contribution >= 4 is 5.78 Å². The van der Waals surface area contributed by atoms with E-state index in [-0.39, 0.29) is 5.78 Å². The smallest absolute Gasteiger partial charge is 0.178 e. The van der Waals surface area contributed by atoms with Crippen LogP contribution in [0.4, 0.5) is 0 Å². The van der Waals surface area contributed by atoms with Gasteiger partial charge in [-0.1, -0.05) is 19.8 Å². The van der Waals surface area contributed by atoms with Crippen molar-refractivity contribution < 1.29 is 4.79 Å². The Morgan fingerprint density at radius 1 is 1.39 bits per heavy atom. The molecule has 1 aromatic rings. The molecule has 3 heteroatoms. The molecule has 0 atom stereocenters. The van der Waals surface area contributed by atoms with Gasteiger partial charge in [0.15, 0.2) is 5.78 Å². The van der Waals surface area contributed by atoms with Crippen LogP contribution in [-0.2, 0) is 0 Å². The lowest BCUT2D eigenvalue weighted by Crippen LogP contribution is -2.37. The maximum atomic E-state index is 12.3. The van der Waals surface area contributed by atoms with E-state index in [9.17, 15) is 4.79 Å². The SMILES string of the molecule is CCN(CC(=O)c1cc(C)[nH]c1C)C1CCCC1. The van der Waals surface area contributed by atoms with Crippen molar-refractivity contribution in [1.29, 1.82) is 0 Å². The van der Waals surface area contributed by atoms with Crippen LogP contribution in [0, 0.1) is 13.8 Å². The van der Waals surface area contributed by atoms with Crippen molar-refractivity contribution in [2.45, 2.75) is 52.5 Å². The van der Waals surface area contributed by atoms with Gasteiger partial charge in [0.05, 0.1) is 6.54 Å². The quantitative estimate of drug-likeness (QED) is 0.813. The molecule has 0 bridgehead atoms. The van der Waals surface area contributed by atoms with Gasteiger partial charge in [0.1, 0.15) is 0 Å².